The zero-order valence-electron chi connectivity index (χ0n) is 19.6. The molecule has 3 rings (SSSR count). The van der Waals surface area contributed by atoms with E-state index in [0.29, 0.717) is 23.1 Å². The van der Waals surface area contributed by atoms with Gasteiger partial charge in [0.15, 0.2) is 10.8 Å². The number of carbonyl (C=O) groups excluding carboxylic acids is 1. The lowest BCUT2D eigenvalue weighted by atomic mass is 9.89. The summed E-state index contributed by atoms with van der Waals surface area (Å²) in [4.78, 5) is 24.4. The average molecular weight is 528 g/mol. The molecule has 0 fully saturated rings. The summed E-state index contributed by atoms with van der Waals surface area (Å²) in [5.41, 5.74) is -0.964. The molecule has 1 amide bonds. The smallest absolute Gasteiger partial charge is 0.325 e. The maximum atomic E-state index is 13.0. The highest BCUT2D eigenvalue weighted by molar-refractivity contribution is 7.94. The summed E-state index contributed by atoms with van der Waals surface area (Å²) in [5, 5.41) is 4.51. The van der Waals surface area contributed by atoms with Crippen molar-refractivity contribution in [1.29, 1.82) is 0 Å². The summed E-state index contributed by atoms with van der Waals surface area (Å²) in [6.07, 6.45) is -2.73. The number of hydrogen-bond donors (Lipinski definition) is 2. The molecule has 2 heterocycles. The van der Waals surface area contributed by atoms with Gasteiger partial charge in [-0.3, -0.25) is 14.5 Å². The van der Waals surface area contributed by atoms with Crippen molar-refractivity contribution in [2.45, 2.75) is 51.0 Å². The lowest BCUT2D eigenvalue weighted by Gasteiger charge is -2.22. The van der Waals surface area contributed by atoms with E-state index in [1.54, 1.807) is 40.0 Å². The van der Waals surface area contributed by atoms with E-state index in [9.17, 15) is 26.4 Å². The van der Waals surface area contributed by atoms with E-state index in [2.05, 4.69) is 25.0 Å². The summed E-state index contributed by atoms with van der Waals surface area (Å²) in [5.74, 6) is -0.403. The van der Waals surface area contributed by atoms with Crippen LogP contribution in [-0.2, 0) is 26.4 Å². The highest BCUT2D eigenvalue weighted by atomic mass is 32.2. The second-order valence-corrected chi connectivity index (χ2v) is 12.5. The molecule has 0 aliphatic heterocycles. The van der Waals surface area contributed by atoms with Gasteiger partial charge in [0, 0.05) is 16.6 Å². The molecule has 0 atom stereocenters. The zero-order chi connectivity index (χ0) is 26.2. The van der Waals surface area contributed by atoms with E-state index < -0.39 is 38.0 Å². The van der Waals surface area contributed by atoms with Gasteiger partial charge in [0.25, 0.3) is 0 Å². The normalized spacial score (nSPS) is 12.9. The zero-order valence-corrected chi connectivity index (χ0v) is 21.2. The Bertz CT molecular complexity index is 1330. The minimum absolute atomic E-state index is 0.0470. The molecular weight excluding hydrogens is 503 g/mol. The van der Waals surface area contributed by atoms with E-state index in [1.807, 2.05) is 0 Å². The lowest BCUT2D eigenvalue weighted by molar-refractivity contribution is -0.141. The van der Waals surface area contributed by atoms with Crippen molar-refractivity contribution in [2.24, 2.45) is 0 Å². The Balaban J connectivity index is 1.74. The second-order valence-electron chi connectivity index (χ2n) is 9.20. The fraction of sp³-hybridized carbons (Fsp3) is 0.364. The number of hydrogen-bond acceptors (Lipinski definition) is 7. The van der Waals surface area contributed by atoms with E-state index in [1.165, 1.54) is 30.5 Å². The predicted molar refractivity (Wildman–Crippen MR) is 129 cm³/mol. The predicted octanol–water partition coefficient (Wildman–Crippen LogP) is 5.08. The maximum absolute atomic E-state index is 13.0. The van der Waals surface area contributed by atoms with Crippen LogP contribution in [-0.4, -0.2) is 34.0 Å². The molecule has 0 bridgehead atoms. The first-order valence-electron chi connectivity index (χ1n) is 10.3. The summed E-state index contributed by atoms with van der Waals surface area (Å²) < 4.78 is 64.8. The third kappa shape index (κ3) is 5.96. The number of alkyl halides is 3. The number of nitrogens with zero attached hydrogens (tertiary/aromatic N) is 3. The standard InChI is InChI=1S/C22H24F3N5O3S2/c1-20(2,3)35(32,33)30-19-29-17(12-34-19)21(4,5)18(31)27-14-8-6-13(7-9-14)15-10-26-11-16(28-15)22(23,24)25/h6-12H,1-5H3,(H,27,31)(H,29,30). The first-order chi connectivity index (χ1) is 16.0. The number of rotatable bonds is 6. The van der Waals surface area contributed by atoms with E-state index in [4.69, 9.17) is 0 Å². The topological polar surface area (TPSA) is 114 Å². The Morgan fingerprint density at radius 2 is 1.57 bits per heavy atom. The van der Waals surface area contributed by atoms with Gasteiger partial charge >= 0.3 is 6.18 Å². The minimum Gasteiger partial charge on any atom is -0.325 e. The number of aromatic nitrogens is 3. The molecule has 0 unspecified atom stereocenters. The lowest BCUT2D eigenvalue weighted by Crippen LogP contribution is -2.35. The Labute approximate surface area is 205 Å². The van der Waals surface area contributed by atoms with Gasteiger partial charge in [0.05, 0.1) is 33.9 Å². The van der Waals surface area contributed by atoms with Gasteiger partial charge in [-0.15, -0.1) is 11.3 Å². The monoisotopic (exact) mass is 527 g/mol. The molecule has 3 aromatic rings. The van der Waals surface area contributed by atoms with Gasteiger partial charge in [-0.25, -0.2) is 18.4 Å². The minimum atomic E-state index is -4.61. The molecule has 13 heteroatoms. The number of amides is 1. The Kier molecular flexibility index (Phi) is 6.97. The SMILES string of the molecule is CC(C)(C(=O)Nc1ccc(-c2cncc(C(F)(F)F)n2)cc1)c1csc(NS(=O)(=O)C(C)(C)C)n1. The second kappa shape index (κ2) is 9.19. The largest absolute Gasteiger partial charge is 0.434 e. The van der Waals surface area contributed by atoms with Crippen molar-refractivity contribution < 1.29 is 26.4 Å². The van der Waals surface area contributed by atoms with Crippen molar-refractivity contribution in [2.75, 3.05) is 10.0 Å². The molecule has 1 aromatic carbocycles. The fourth-order valence-corrected chi connectivity index (χ4v) is 4.47. The molecule has 35 heavy (non-hydrogen) atoms. The van der Waals surface area contributed by atoms with E-state index in [0.717, 1.165) is 11.3 Å². The van der Waals surface area contributed by atoms with Gasteiger partial charge in [-0.2, -0.15) is 13.2 Å². The Morgan fingerprint density at radius 1 is 0.943 bits per heavy atom. The fourth-order valence-electron chi connectivity index (χ4n) is 2.65. The molecule has 2 aromatic heterocycles. The van der Waals surface area contributed by atoms with E-state index in [-0.39, 0.29) is 10.8 Å². The third-order valence-electron chi connectivity index (χ3n) is 5.10. The third-order valence-corrected chi connectivity index (χ3v) is 8.06. The Morgan fingerprint density at radius 3 is 2.14 bits per heavy atom. The number of carbonyl (C=O) groups is 1. The van der Waals surface area contributed by atoms with Gasteiger partial charge in [0.1, 0.15) is 0 Å². The molecule has 0 radical (unpaired) electrons. The Hall–Kier alpha value is -3.06. The molecule has 0 aliphatic rings. The van der Waals surface area contributed by atoms with Gasteiger partial charge in [-0.05, 0) is 46.8 Å². The highest BCUT2D eigenvalue weighted by Crippen LogP contribution is 2.31. The number of sulfonamides is 1. The van der Waals surface area contributed by atoms with Crippen molar-refractivity contribution in [3.05, 3.63) is 53.4 Å². The van der Waals surface area contributed by atoms with Crippen molar-refractivity contribution in [3.8, 4) is 11.3 Å². The van der Waals surface area contributed by atoms with Crippen LogP contribution in [0.1, 0.15) is 46.0 Å². The summed E-state index contributed by atoms with van der Waals surface area (Å²) in [6.45, 7) is 7.97. The van der Waals surface area contributed by atoms with Crippen LogP contribution in [0.5, 0.6) is 0 Å². The first-order valence-corrected chi connectivity index (χ1v) is 12.7. The average Bonchev–Trinajstić information content (AvgIpc) is 3.21. The number of thiazole rings is 1. The quantitative estimate of drug-likeness (QED) is 0.462. The van der Waals surface area contributed by atoms with Crippen LogP contribution in [0.25, 0.3) is 11.3 Å². The number of anilines is 2. The van der Waals surface area contributed by atoms with Gasteiger partial charge in [0.2, 0.25) is 15.9 Å². The van der Waals surface area contributed by atoms with Gasteiger partial charge < -0.3 is 5.32 Å². The van der Waals surface area contributed by atoms with Crippen molar-refractivity contribution in [1.82, 2.24) is 15.0 Å². The van der Waals surface area contributed by atoms with Crippen molar-refractivity contribution >= 4 is 38.1 Å². The van der Waals surface area contributed by atoms with E-state index >= 15 is 0 Å². The number of nitrogens with one attached hydrogen (secondary N) is 2. The summed E-state index contributed by atoms with van der Waals surface area (Å²) in [7, 11) is -3.66. The first kappa shape index (κ1) is 26.5. The van der Waals surface area contributed by atoms with Crippen LogP contribution >= 0.6 is 11.3 Å². The number of benzene rings is 1. The summed E-state index contributed by atoms with van der Waals surface area (Å²) >= 11 is 1.07. The molecule has 0 spiro atoms. The number of halogens is 3. The highest BCUT2D eigenvalue weighted by Gasteiger charge is 2.35. The van der Waals surface area contributed by atoms with Crippen LogP contribution in [0.2, 0.25) is 0 Å². The summed E-state index contributed by atoms with van der Waals surface area (Å²) in [6, 6.07) is 6.12. The van der Waals surface area contributed by atoms with Crippen molar-refractivity contribution in [3.63, 3.8) is 0 Å². The van der Waals surface area contributed by atoms with Crippen LogP contribution in [0, 0.1) is 0 Å². The molecular formula is C22H24F3N5O3S2. The van der Waals surface area contributed by atoms with Crippen LogP contribution < -0.4 is 10.0 Å². The molecule has 0 saturated carbocycles. The van der Waals surface area contributed by atoms with Crippen LogP contribution in [0.15, 0.2) is 42.0 Å². The molecule has 0 aliphatic carbocycles. The molecule has 8 nitrogen and oxygen atoms in total. The van der Waals surface area contributed by atoms with Crippen LogP contribution in [0.4, 0.5) is 24.0 Å². The van der Waals surface area contributed by atoms with Crippen LogP contribution in [0.3, 0.4) is 0 Å². The molecule has 2 N–H and O–H groups in total. The van der Waals surface area contributed by atoms with Gasteiger partial charge in [-0.1, -0.05) is 12.1 Å². The molecule has 0 saturated heterocycles. The molecule has 188 valence electrons. The maximum Gasteiger partial charge on any atom is 0.434 e.